The Labute approximate surface area is 224 Å². The molecule has 6 heteroatoms. The summed E-state index contributed by atoms with van der Waals surface area (Å²) in [5.74, 6) is 0.544. The van der Waals surface area contributed by atoms with Gasteiger partial charge in [0, 0.05) is 28.7 Å². The Kier molecular flexibility index (Phi) is 8.20. The second kappa shape index (κ2) is 11.5. The van der Waals surface area contributed by atoms with E-state index in [0.717, 1.165) is 33.3 Å². The van der Waals surface area contributed by atoms with Crippen LogP contribution in [0.3, 0.4) is 0 Å². The van der Waals surface area contributed by atoms with Gasteiger partial charge in [0.05, 0.1) is 13.2 Å². The third-order valence-electron chi connectivity index (χ3n) is 7.15. The molecule has 0 fully saturated rings. The first-order valence-electron chi connectivity index (χ1n) is 13.0. The molecule has 0 aliphatic carbocycles. The number of esters is 1. The summed E-state index contributed by atoms with van der Waals surface area (Å²) in [7, 11) is 1.34. The summed E-state index contributed by atoms with van der Waals surface area (Å²) in [5.41, 5.74) is 7.40. The van der Waals surface area contributed by atoms with Gasteiger partial charge in [-0.05, 0) is 79.3 Å². The van der Waals surface area contributed by atoms with Crippen molar-refractivity contribution in [1.29, 1.82) is 0 Å². The number of methoxy groups -OCH3 is 1. The van der Waals surface area contributed by atoms with Crippen LogP contribution >= 0.6 is 0 Å². The predicted octanol–water partition coefficient (Wildman–Crippen LogP) is 6.47. The number of amides is 1. The smallest absolute Gasteiger partial charge is 0.343 e. The van der Waals surface area contributed by atoms with Crippen molar-refractivity contribution in [3.05, 3.63) is 100 Å². The molecule has 4 aromatic rings. The molecular weight excluding hydrogens is 476 g/mol. The van der Waals surface area contributed by atoms with Crippen molar-refractivity contribution in [2.24, 2.45) is 0 Å². The fourth-order valence-corrected chi connectivity index (χ4v) is 4.66. The molecule has 0 radical (unpaired) electrons. The van der Waals surface area contributed by atoms with Crippen molar-refractivity contribution in [2.45, 2.75) is 53.1 Å². The molecule has 0 aliphatic rings. The van der Waals surface area contributed by atoms with E-state index in [1.807, 2.05) is 49.4 Å². The molecule has 1 N–H and O–H groups in total. The van der Waals surface area contributed by atoms with Crippen molar-refractivity contribution in [2.75, 3.05) is 13.7 Å². The van der Waals surface area contributed by atoms with Gasteiger partial charge in [0.2, 0.25) is 0 Å². The van der Waals surface area contributed by atoms with Gasteiger partial charge in [0.25, 0.3) is 5.91 Å². The van der Waals surface area contributed by atoms with E-state index in [0.29, 0.717) is 23.8 Å². The number of carbonyl (C=O) groups excluding carboxylic acids is 2. The molecule has 1 atom stereocenters. The monoisotopic (exact) mass is 512 g/mol. The second-order valence-corrected chi connectivity index (χ2v) is 10.1. The number of rotatable bonds is 9. The Hall–Kier alpha value is -4.06. The zero-order valence-electron chi connectivity index (χ0n) is 23.0. The van der Waals surface area contributed by atoms with Crippen molar-refractivity contribution < 1.29 is 19.1 Å². The predicted molar refractivity (Wildman–Crippen MR) is 151 cm³/mol. The lowest BCUT2D eigenvalue weighted by Crippen LogP contribution is -2.26. The number of aryl methyl sites for hydroxylation is 1. The molecule has 0 aliphatic heterocycles. The molecule has 3 aromatic carbocycles. The zero-order chi connectivity index (χ0) is 27.4. The molecule has 1 unspecified atom stereocenters. The highest BCUT2D eigenvalue weighted by Crippen LogP contribution is 2.28. The second-order valence-electron chi connectivity index (χ2n) is 10.1. The number of carbonyl (C=O) groups is 2. The van der Waals surface area contributed by atoms with Gasteiger partial charge >= 0.3 is 5.97 Å². The molecule has 1 aromatic heterocycles. The van der Waals surface area contributed by atoms with Gasteiger partial charge in [-0.1, -0.05) is 50.2 Å². The first-order valence-corrected chi connectivity index (χ1v) is 13.0. The molecule has 38 heavy (non-hydrogen) atoms. The Morgan fingerprint density at radius 1 is 0.921 bits per heavy atom. The SMILES string of the molecule is COC(=O)COc1cccc(Cn2c(C)c(C)c3cc(C(=O)NC(C)c4cccc(C(C)C)c4)ccc32)c1. The highest BCUT2D eigenvalue weighted by Gasteiger charge is 2.17. The van der Waals surface area contributed by atoms with E-state index >= 15 is 0 Å². The van der Waals surface area contributed by atoms with Crippen LogP contribution in [0.15, 0.2) is 66.7 Å². The summed E-state index contributed by atoms with van der Waals surface area (Å²) in [6, 6.07) is 21.9. The molecule has 0 spiro atoms. The van der Waals surface area contributed by atoms with E-state index in [1.165, 1.54) is 12.7 Å². The van der Waals surface area contributed by atoms with E-state index in [4.69, 9.17) is 4.74 Å². The maximum absolute atomic E-state index is 13.2. The molecule has 0 saturated carbocycles. The van der Waals surface area contributed by atoms with E-state index < -0.39 is 5.97 Å². The highest BCUT2D eigenvalue weighted by atomic mass is 16.6. The molecule has 0 bridgehead atoms. The summed E-state index contributed by atoms with van der Waals surface area (Å²) in [6.45, 7) is 11.1. The standard InChI is InChI=1S/C32H36N2O4/c1-20(2)25-10-8-11-26(16-25)22(4)33-32(36)27-13-14-30-29(17-27)21(3)23(5)34(30)18-24-9-7-12-28(15-24)38-19-31(35)37-6/h7-17,20,22H,18-19H2,1-6H3,(H,33,36). The first kappa shape index (κ1) is 27.0. The van der Waals surface area contributed by atoms with Crippen molar-refractivity contribution in [3.8, 4) is 5.75 Å². The Morgan fingerprint density at radius 3 is 2.39 bits per heavy atom. The number of hydrogen-bond donors (Lipinski definition) is 1. The van der Waals surface area contributed by atoms with E-state index in [1.54, 1.807) is 0 Å². The number of ether oxygens (including phenoxy) is 2. The first-order chi connectivity index (χ1) is 18.2. The van der Waals surface area contributed by atoms with Crippen molar-refractivity contribution in [1.82, 2.24) is 9.88 Å². The van der Waals surface area contributed by atoms with Crippen LogP contribution < -0.4 is 10.1 Å². The van der Waals surface area contributed by atoms with Gasteiger partial charge in [-0.3, -0.25) is 4.79 Å². The number of aromatic nitrogens is 1. The van der Waals surface area contributed by atoms with Crippen molar-refractivity contribution >= 4 is 22.8 Å². The van der Waals surface area contributed by atoms with Gasteiger partial charge in [-0.2, -0.15) is 0 Å². The molecule has 4 rings (SSSR count). The summed E-state index contributed by atoms with van der Waals surface area (Å²) in [4.78, 5) is 24.6. The van der Waals surface area contributed by atoms with Crippen LogP contribution in [-0.2, 0) is 16.1 Å². The Bertz CT molecular complexity index is 1470. The van der Waals surface area contributed by atoms with E-state index in [9.17, 15) is 9.59 Å². The summed E-state index contributed by atoms with van der Waals surface area (Å²) < 4.78 is 12.4. The van der Waals surface area contributed by atoms with E-state index in [-0.39, 0.29) is 18.6 Å². The van der Waals surface area contributed by atoms with Gasteiger partial charge in [-0.25, -0.2) is 4.79 Å². The summed E-state index contributed by atoms with van der Waals surface area (Å²) >= 11 is 0. The number of benzene rings is 3. The number of hydrogen-bond acceptors (Lipinski definition) is 4. The van der Waals surface area contributed by atoms with E-state index in [2.05, 4.69) is 66.6 Å². The van der Waals surface area contributed by atoms with Gasteiger partial charge in [0.1, 0.15) is 5.75 Å². The maximum Gasteiger partial charge on any atom is 0.343 e. The van der Waals surface area contributed by atoms with Crippen LogP contribution in [0.2, 0.25) is 0 Å². The molecule has 0 saturated heterocycles. The quantitative estimate of drug-likeness (QED) is 0.261. The Balaban J connectivity index is 1.54. The summed E-state index contributed by atoms with van der Waals surface area (Å²) in [5, 5.41) is 4.22. The minimum absolute atomic E-state index is 0.0883. The lowest BCUT2D eigenvalue weighted by Gasteiger charge is -2.16. The van der Waals surface area contributed by atoms with Gasteiger partial charge in [-0.15, -0.1) is 0 Å². The lowest BCUT2D eigenvalue weighted by molar-refractivity contribution is -0.142. The average molecular weight is 513 g/mol. The minimum atomic E-state index is -0.420. The molecular formula is C32H36N2O4. The number of fused-ring (bicyclic) bond motifs is 1. The van der Waals surface area contributed by atoms with Crippen LogP contribution in [-0.4, -0.2) is 30.2 Å². The number of nitrogens with one attached hydrogen (secondary N) is 1. The van der Waals surface area contributed by atoms with Crippen LogP contribution in [0, 0.1) is 13.8 Å². The largest absolute Gasteiger partial charge is 0.482 e. The fourth-order valence-electron chi connectivity index (χ4n) is 4.66. The van der Waals surface area contributed by atoms with Gasteiger partial charge in [0.15, 0.2) is 6.61 Å². The molecule has 1 amide bonds. The van der Waals surface area contributed by atoms with Crippen LogP contribution in [0.5, 0.6) is 5.75 Å². The summed E-state index contributed by atoms with van der Waals surface area (Å²) in [6.07, 6.45) is 0. The fraction of sp³-hybridized carbons (Fsp3) is 0.312. The highest BCUT2D eigenvalue weighted by molar-refractivity contribution is 5.99. The topological polar surface area (TPSA) is 69.6 Å². The van der Waals surface area contributed by atoms with Crippen LogP contribution in [0.4, 0.5) is 0 Å². The third-order valence-corrected chi connectivity index (χ3v) is 7.15. The normalized spacial score (nSPS) is 12.0. The van der Waals surface area contributed by atoms with Crippen LogP contribution in [0.1, 0.15) is 71.0 Å². The third kappa shape index (κ3) is 5.91. The lowest BCUT2D eigenvalue weighted by atomic mass is 9.98. The van der Waals surface area contributed by atoms with Crippen LogP contribution in [0.25, 0.3) is 10.9 Å². The number of nitrogens with zero attached hydrogens (tertiary/aromatic N) is 1. The Morgan fingerprint density at radius 2 is 1.66 bits per heavy atom. The van der Waals surface area contributed by atoms with Crippen molar-refractivity contribution in [3.63, 3.8) is 0 Å². The van der Waals surface area contributed by atoms with Gasteiger partial charge < -0.3 is 19.4 Å². The minimum Gasteiger partial charge on any atom is -0.482 e. The molecule has 6 nitrogen and oxygen atoms in total. The zero-order valence-corrected chi connectivity index (χ0v) is 23.0. The maximum atomic E-state index is 13.2. The molecule has 198 valence electrons. The average Bonchev–Trinajstić information content (AvgIpc) is 3.16. The molecule has 1 heterocycles.